The number of nitrogens with zero attached hydrogens (tertiary/aromatic N) is 1. The fourth-order valence-electron chi connectivity index (χ4n) is 3.38. The molecule has 1 fully saturated rings. The average molecular weight is 429 g/mol. The van der Waals surface area contributed by atoms with Crippen molar-refractivity contribution in [2.75, 3.05) is 33.4 Å². The summed E-state index contributed by atoms with van der Waals surface area (Å²) in [6.45, 7) is 1.40. The third-order valence-corrected chi connectivity index (χ3v) is 5.29. The standard InChI is InChI=1S/C23H25ClN2O4/c1-30-21-15-19(22(28)25-10-13-27)3-2-18(21)14-16-8-11-26(12-9-16)23(29)17-4-6-20(24)7-5-17/h2-7,14-15,27H,8-13H2,1H3,(H,25,28). The molecule has 1 aliphatic rings. The van der Waals surface area contributed by atoms with Gasteiger partial charge in [0.1, 0.15) is 5.75 Å². The topological polar surface area (TPSA) is 78.9 Å². The van der Waals surface area contributed by atoms with Gasteiger partial charge in [-0.2, -0.15) is 0 Å². The molecule has 2 amide bonds. The molecule has 0 radical (unpaired) electrons. The molecule has 0 atom stereocenters. The number of ether oxygens (including phenoxy) is 1. The van der Waals surface area contributed by atoms with Crippen LogP contribution in [0.25, 0.3) is 6.08 Å². The van der Waals surface area contributed by atoms with Crippen molar-refractivity contribution in [1.29, 1.82) is 0 Å². The van der Waals surface area contributed by atoms with Gasteiger partial charge >= 0.3 is 0 Å². The first kappa shape index (κ1) is 21.9. The van der Waals surface area contributed by atoms with Crippen LogP contribution < -0.4 is 10.1 Å². The molecule has 0 bridgehead atoms. The SMILES string of the molecule is COc1cc(C(=O)NCCO)ccc1C=C1CCN(C(=O)c2ccc(Cl)cc2)CC1. The molecule has 0 saturated carbocycles. The van der Waals surface area contributed by atoms with E-state index in [1.54, 1.807) is 43.5 Å². The highest BCUT2D eigenvalue weighted by Crippen LogP contribution is 2.27. The third-order valence-electron chi connectivity index (χ3n) is 5.04. The molecule has 2 aromatic rings. The first-order valence-corrected chi connectivity index (χ1v) is 10.2. The minimum Gasteiger partial charge on any atom is -0.496 e. The van der Waals surface area contributed by atoms with E-state index in [4.69, 9.17) is 21.4 Å². The number of halogens is 1. The first-order chi connectivity index (χ1) is 14.5. The molecule has 30 heavy (non-hydrogen) atoms. The zero-order chi connectivity index (χ0) is 21.5. The molecule has 7 heteroatoms. The summed E-state index contributed by atoms with van der Waals surface area (Å²) in [6.07, 6.45) is 3.63. The Morgan fingerprint density at radius 2 is 1.80 bits per heavy atom. The molecule has 1 heterocycles. The van der Waals surface area contributed by atoms with E-state index in [1.165, 1.54) is 5.57 Å². The molecule has 2 N–H and O–H groups in total. The normalized spacial score (nSPS) is 13.7. The van der Waals surface area contributed by atoms with Gasteiger partial charge in [-0.3, -0.25) is 9.59 Å². The zero-order valence-corrected chi connectivity index (χ0v) is 17.6. The van der Waals surface area contributed by atoms with Crippen molar-refractivity contribution >= 4 is 29.5 Å². The van der Waals surface area contributed by atoms with Crippen LogP contribution in [0.4, 0.5) is 0 Å². The van der Waals surface area contributed by atoms with Gasteiger partial charge in [0.2, 0.25) is 0 Å². The second kappa shape index (κ2) is 10.3. The van der Waals surface area contributed by atoms with Crippen LogP contribution >= 0.6 is 11.6 Å². The summed E-state index contributed by atoms with van der Waals surface area (Å²) in [5, 5.41) is 12.1. The smallest absolute Gasteiger partial charge is 0.253 e. The number of carbonyl (C=O) groups is 2. The maximum atomic E-state index is 12.6. The minimum absolute atomic E-state index is 0.0153. The summed E-state index contributed by atoms with van der Waals surface area (Å²) in [6, 6.07) is 12.2. The molecule has 158 valence electrons. The van der Waals surface area contributed by atoms with Crippen molar-refractivity contribution in [3.05, 3.63) is 69.8 Å². The Balaban J connectivity index is 1.66. The van der Waals surface area contributed by atoms with Gasteiger partial charge < -0.3 is 20.1 Å². The van der Waals surface area contributed by atoms with Gasteiger partial charge in [-0.05, 0) is 49.2 Å². The fourth-order valence-corrected chi connectivity index (χ4v) is 3.51. The second-order valence-corrected chi connectivity index (χ2v) is 7.47. The van der Waals surface area contributed by atoms with Gasteiger partial charge in [0.15, 0.2) is 0 Å². The van der Waals surface area contributed by atoms with E-state index in [0.717, 1.165) is 18.4 Å². The number of benzene rings is 2. The molecule has 1 aliphatic heterocycles. The van der Waals surface area contributed by atoms with Crippen molar-refractivity contribution in [3.8, 4) is 5.75 Å². The highest BCUT2D eigenvalue weighted by Gasteiger charge is 2.20. The van der Waals surface area contributed by atoms with E-state index in [-0.39, 0.29) is 25.0 Å². The molecular formula is C23H25ClN2O4. The highest BCUT2D eigenvalue weighted by molar-refractivity contribution is 6.30. The molecule has 0 unspecified atom stereocenters. The number of likely N-dealkylation sites (tertiary alicyclic amines) is 1. The number of piperidine rings is 1. The lowest BCUT2D eigenvalue weighted by Crippen LogP contribution is -2.36. The zero-order valence-electron chi connectivity index (χ0n) is 16.9. The summed E-state index contributed by atoms with van der Waals surface area (Å²) in [7, 11) is 1.57. The Hall–Kier alpha value is -2.83. The number of rotatable bonds is 6. The Morgan fingerprint density at radius 1 is 1.13 bits per heavy atom. The van der Waals surface area contributed by atoms with Crippen LogP contribution in [0.2, 0.25) is 5.02 Å². The largest absolute Gasteiger partial charge is 0.496 e. The molecule has 0 spiro atoms. The van der Waals surface area contributed by atoms with Crippen LogP contribution in [0.15, 0.2) is 48.0 Å². The predicted molar refractivity (Wildman–Crippen MR) is 117 cm³/mol. The van der Waals surface area contributed by atoms with E-state index in [2.05, 4.69) is 11.4 Å². The summed E-state index contributed by atoms with van der Waals surface area (Å²) < 4.78 is 5.46. The van der Waals surface area contributed by atoms with Crippen LogP contribution in [-0.4, -0.2) is 55.2 Å². The lowest BCUT2D eigenvalue weighted by molar-refractivity contribution is 0.0743. The Labute approximate surface area is 181 Å². The van der Waals surface area contributed by atoms with E-state index >= 15 is 0 Å². The van der Waals surface area contributed by atoms with Crippen molar-refractivity contribution in [2.45, 2.75) is 12.8 Å². The first-order valence-electron chi connectivity index (χ1n) is 9.83. The van der Waals surface area contributed by atoms with Gasteiger partial charge in [0, 0.05) is 41.3 Å². The van der Waals surface area contributed by atoms with E-state index in [0.29, 0.717) is 35.0 Å². The third kappa shape index (κ3) is 5.40. The molecule has 6 nitrogen and oxygen atoms in total. The van der Waals surface area contributed by atoms with Crippen LogP contribution in [0, 0.1) is 0 Å². The van der Waals surface area contributed by atoms with Crippen LogP contribution in [0.5, 0.6) is 5.75 Å². The molecular weight excluding hydrogens is 404 g/mol. The number of hydrogen-bond acceptors (Lipinski definition) is 4. The van der Waals surface area contributed by atoms with Crippen molar-refractivity contribution in [2.24, 2.45) is 0 Å². The van der Waals surface area contributed by atoms with E-state index in [9.17, 15) is 9.59 Å². The van der Waals surface area contributed by atoms with Crippen molar-refractivity contribution in [3.63, 3.8) is 0 Å². The Bertz CT molecular complexity index is 931. The summed E-state index contributed by atoms with van der Waals surface area (Å²) >= 11 is 5.90. The maximum Gasteiger partial charge on any atom is 0.253 e. The van der Waals surface area contributed by atoms with Crippen molar-refractivity contribution in [1.82, 2.24) is 10.2 Å². The van der Waals surface area contributed by atoms with Crippen LogP contribution in [0.1, 0.15) is 39.1 Å². The number of hydrogen-bond donors (Lipinski definition) is 2. The molecule has 0 aliphatic carbocycles. The lowest BCUT2D eigenvalue weighted by atomic mass is 9.99. The second-order valence-electron chi connectivity index (χ2n) is 7.04. The van der Waals surface area contributed by atoms with E-state index < -0.39 is 0 Å². The number of aliphatic hydroxyl groups is 1. The maximum absolute atomic E-state index is 12.6. The number of carbonyl (C=O) groups excluding carboxylic acids is 2. The molecule has 3 rings (SSSR count). The number of amides is 2. The molecule has 2 aromatic carbocycles. The fraction of sp³-hybridized carbons (Fsp3) is 0.304. The van der Waals surface area contributed by atoms with E-state index in [1.807, 2.05) is 11.0 Å². The summed E-state index contributed by atoms with van der Waals surface area (Å²) in [5.41, 5.74) is 3.24. The van der Waals surface area contributed by atoms with Gasteiger partial charge in [0.25, 0.3) is 11.8 Å². The minimum atomic E-state index is -0.254. The van der Waals surface area contributed by atoms with Crippen LogP contribution in [-0.2, 0) is 0 Å². The summed E-state index contributed by atoms with van der Waals surface area (Å²) in [5.74, 6) is 0.371. The molecule has 0 aromatic heterocycles. The number of nitrogens with one attached hydrogen (secondary N) is 1. The van der Waals surface area contributed by atoms with Crippen molar-refractivity contribution < 1.29 is 19.4 Å². The average Bonchev–Trinajstić information content (AvgIpc) is 2.78. The van der Waals surface area contributed by atoms with Gasteiger partial charge in [-0.15, -0.1) is 0 Å². The van der Waals surface area contributed by atoms with Gasteiger partial charge in [-0.1, -0.05) is 29.3 Å². The monoisotopic (exact) mass is 428 g/mol. The van der Waals surface area contributed by atoms with Crippen LogP contribution in [0.3, 0.4) is 0 Å². The number of methoxy groups -OCH3 is 1. The Morgan fingerprint density at radius 3 is 2.43 bits per heavy atom. The Kier molecular flexibility index (Phi) is 7.49. The molecule has 1 saturated heterocycles. The summed E-state index contributed by atoms with van der Waals surface area (Å²) in [4.78, 5) is 26.6. The van der Waals surface area contributed by atoms with Gasteiger partial charge in [-0.25, -0.2) is 0 Å². The number of aliphatic hydroxyl groups excluding tert-OH is 1. The highest BCUT2D eigenvalue weighted by atomic mass is 35.5. The lowest BCUT2D eigenvalue weighted by Gasteiger charge is -2.28. The predicted octanol–water partition coefficient (Wildman–Crippen LogP) is 3.39. The van der Waals surface area contributed by atoms with Gasteiger partial charge in [0.05, 0.1) is 13.7 Å². The quantitative estimate of drug-likeness (QED) is 0.739.